The molecule has 0 unspecified atom stereocenters. The van der Waals surface area contributed by atoms with Gasteiger partial charge in [0.15, 0.2) is 5.13 Å². The van der Waals surface area contributed by atoms with Crippen LogP contribution in [0.2, 0.25) is 0 Å². The summed E-state index contributed by atoms with van der Waals surface area (Å²) in [6, 6.07) is 15.6. The van der Waals surface area contributed by atoms with Gasteiger partial charge in [-0.2, -0.15) is 0 Å². The second kappa shape index (κ2) is 8.43. The van der Waals surface area contributed by atoms with Gasteiger partial charge in [0.05, 0.1) is 26.3 Å². The molecule has 0 saturated heterocycles. The molecule has 5 rings (SSSR count). The molecule has 1 amide bonds. The Bertz CT molecular complexity index is 1670. The number of pyridine rings is 1. The molecule has 0 bridgehead atoms. The van der Waals surface area contributed by atoms with Crippen molar-refractivity contribution >= 4 is 59.5 Å². The van der Waals surface area contributed by atoms with E-state index in [0.29, 0.717) is 16.3 Å². The van der Waals surface area contributed by atoms with E-state index in [1.165, 1.54) is 37.6 Å². The molecule has 1 N–H and O–H groups in total. The van der Waals surface area contributed by atoms with Crippen LogP contribution >= 0.6 is 11.3 Å². The first-order chi connectivity index (χ1) is 16.3. The lowest BCUT2D eigenvalue weighted by Crippen LogP contribution is -2.28. The van der Waals surface area contributed by atoms with Crippen LogP contribution in [0.15, 0.2) is 71.9 Å². The molecule has 0 aliphatic rings. The van der Waals surface area contributed by atoms with Gasteiger partial charge in [0.2, 0.25) is 11.9 Å². The monoisotopic (exact) mass is 490 g/mol. The number of carbonyl (C=O) groups excluding carboxylic acids is 1. The summed E-state index contributed by atoms with van der Waals surface area (Å²) in [7, 11) is -2.47. The van der Waals surface area contributed by atoms with Crippen molar-refractivity contribution in [2.24, 2.45) is 0 Å². The van der Waals surface area contributed by atoms with E-state index in [1.807, 2.05) is 24.3 Å². The molecule has 9 nitrogen and oxygen atoms in total. The highest BCUT2D eigenvalue weighted by atomic mass is 32.2. The highest BCUT2D eigenvalue weighted by Gasteiger charge is 2.24. The molecule has 0 radical (unpaired) electrons. The van der Waals surface area contributed by atoms with E-state index in [-0.39, 0.29) is 16.8 Å². The molecule has 3 aromatic heterocycles. The molecule has 2 aromatic carbocycles. The molecule has 5 aromatic rings. The van der Waals surface area contributed by atoms with Gasteiger partial charge in [-0.3, -0.25) is 9.78 Å². The molecule has 11 heteroatoms. The Morgan fingerprint density at radius 2 is 1.79 bits per heavy atom. The number of hydrogen-bond acceptors (Lipinski definition) is 8. The lowest BCUT2D eigenvalue weighted by molar-refractivity contribution is -0.114. The summed E-state index contributed by atoms with van der Waals surface area (Å²) in [5.41, 5.74) is 2.79. The summed E-state index contributed by atoms with van der Waals surface area (Å²) >= 11 is 1.35. The quantitative estimate of drug-likeness (QED) is 0.394. The predicted octanol–water partition coefficient (Wildman–Crippen LogP) is 4.09. The molecule has 34 heavy (non-hydrogen) atoms. The SMILES string of the molecule is CC(=O)Nc1nc2ccc(-c3ccnc(N(C)S(=O)(=O)c4ccc5ncccc5c4)n3)cc2s1. The van der Waals surface area contributed by atoms with Crippen LogP contribution in [-0.4, -0.2) is 41.3 Å². The van der Waals surface area contributed by atoms with Gasteiger partial charge >= 0.3 is 0 Å². The van der Waals surface area contributed by atoms with Crippen LogP contribution in [0.5, 0.6) is 0 Å². The maximum atomic E-state index is 13.3. The van der Waals surface area contributed by atoms with Gasteiger partial charge in [0, 0.05) is 37.3 Å². The Hall–Kier alpha value is -3.96. The average Bonchev–Trinajstić information content (AvgIpc) is 3.24. The van der Waals surface area contributed by atoms with Crippen LogP contribution in [0.1, 0.15) is 6.92 Å². The second-order valence-electron chi connectivity index (χ2n) is 7.46. The van der Waals surface area contributed by atoms with E-state index in [0.717, 1.165) is 25.5 Å². The van der Waals surface area contributed by atoms with E-state index in [4.69, 9.17) is 0 Å². The second-order valence-corrected chi connectivity index (χ2v) is 10.5. The summed E-state index contributed by atoms with van der Waals surface area (Å²) in [5.74, 6) is -0.140. The molecule has 0 atom stereocenters. The summed E-state index contributed by atoms with van der Waals surface area (Å²) in [5, 5.41) is 3.92. The smallest absolute Gasteiger partial charge is 0.266 e. The number of rotatable bonds is 5. The molecule has 0 spiro atoms. The number of fused-ring (bicyclic) bond motifs is 2. The van der Waals surface area contributed by atoms with E-state index >= 15 is 0 Å². The highest BCUT2D eigenvalue weighted by molar-refractivity contribution is 7.92. The van der Waals surface area contributed by atoms with Gasteiger partial charge in [-0.15, -0.1) is 0 Å². The number of amides is 1. The fraction of sp³-hybridized carbons (Fsp3) is 0.0870. The maximum absolute atomic E-state index is 13.3. The maximum Gasteiger partial charge on any atom is 0.266 e. The molecule has 0 aliphatic heterocycles. The van der Waals surface area contributed by atoms with Crippen LogP contribution in [0.3, 0.4) is 0 Å². The van der Waals surface area contributed by atoms with Gasteiger partial charge < -0.3 is 5.32 Å². The normalized spacial score (nSPS) is 11.6. The number of aromatic nitrogens is 4. The van der Waals surface area contributed by atoms with Crippen molar-refractivity contribution in [3.63, 3.8) is 0 Å². The third kappa shape index (κ3) is 4.06. The first-order valence-corrected chi connectivity index (χ1v) is 12.4. The third-order valence-electron chi connectivity index (χ3n) is 5.12. The molecule has 0 saturated carbocycles. The van der Waals surface area contributed by atoms with Crippen molar-refractivity contribution in [3.05, 3.63) is 67.0 Å². The van der Waals surface area contributed by atoms with Crippen LogP contribution in [0, 0.1) is 0 Å². The van der Waals surface area contributed by atoms with E-state index < -0.39 is 10.0 Å². The number of hydrogen-bond donors (Lipinski definition) is 1. The molecule has 0 aliphatic carbocycles. The molecular weight excluding hydrogens is 472 g/mol. The van der Waals surface area contributed by atoms with Gasteiger partial charge in [-0.25, -0.2) is 27.7 Å². The van der Waals surface area contributed by atoms with Crippen LogP contribution in [0.4, 0.5) is 11.1 Å². The highest BCUT2D eigenvalue weighted by Crippen LogP contribution is 2.31. The summed E-state index contributed by atoms with van der Waals surface area (Å²) in [4.78, 5) is 28.7. The Kier molecular flexibility index (Phi) is 5.42. The largest absolute Gasteiger partial charge is 0.302 e. The first-order valence-electron chi connectivity index (χ1n) is 10.2. The Morgan fingerprint density at radius 1 is 0.971 bits per heavy atom. The van der Waals surface area contributed by atoms with Crippen LogP contribution < -0.4 is 9.62 Å². The minimum absolute atomic E-state index is 0.0483. The fourth-order valence-electron chi connectivity index (χ4n) is 3.43. The number of anilines is 2. The van der Waals surface area contributed by atoms with Crippen molar-refractivity contribution in [1.82, 2.24) is 19.9 Å². The zero-order valence-corrected chi connectivity index (χ0v) is 19.8. The molecule has 3 heterocycles. The number of benzene rings is 2. The number of nitrogens with one attached hydrogen (secondary N) is 1. The van der Waals surface area contributed by atoms with Crippen molar-refractivity contribution < 1.29 is 13.2 Å². The van der Waals surface area contributed by atoms with Crippen molar-refractivity contribution in [2.75, 3.05) is 16.7 Å². The zero-order chi connectivity index (χ0) is 23.9. The topological polar surface area (TPSA) is 118 Å². The summed E-state index contributed by atoms with van der Waals surface area (Å²) in [6.45, 7) is 1.43. The van der Waals surface area contributed by atoms with E-state index in [1.54, 1.807) is 30.5 Å². The Labute approximate surface area is 199 Å². The Morgan fingerprint density at radius 3 is 2.62 bits per heavy atom. The van der Waals surface area contributed by atoms with Gasteiger partial charge in [0.1, 0.15) is 0 Å². The minimum Gasteiger partial charge on any atom is -0.302 e. The fourth-order valence-corrected chi connectivity index (χ4v) is 5.51. The summed E-state index contributed by atoms with van der Waals surface area (Å²) < 4.78 is 28.5. The van der Waals surface area contributed by atoms with Gasteiger partial charge in [0.25, 0.3) is 10.0 Å². The van der Waals surface area contributed by atoms with Crippen molar-refractivity contribution in [2.45, 2.75) is 11.8 Å². The first kappa shape index (κ1) is 21.9. The van der Waals surface area contributed by atoms with Crippen molar-refractivity contribution in [3.8, 4) is 11.3 Å². The van der Waals surface area contributed by atoms with E-state index in [9.17, 15) is 13.2 Å². The van der Waals surface area contributed by atoms with Crippen molar-refractivity contribution in [1.29, 1.82) is 0 Å². The lowest BCUT2D eigenvalue weighted by Gasteiger charge is -2.18. The molecule has 170 valence electrons. The predicted molar refractivity (Wildman–Crippen MR) is 132 cm³/mol. The average molecular weight is 491 g/mol. The van der Waals surface area contributed by atoms with Crippen LogP contribution in [-0.2, 0) is 14.8 Å². The van der Waals surface area contributed by atoms with Gasteiger partial charge in [-0.1, -0.05) is 23.5 Å². The Balaban J connectivity index is 1.48. The zero-order valence-electron chi connectivity index (χ0n) is 18.1. The number of thiazole rings is 1. The molecular formula is C23H18N6O3S2. The summed E-state index contributed by atoms with van der Waals surface area (Å²) in [6.07, 6.45) is 3.18. The number of carbonyl (C=O) groups is 1. The minimum atomic E-state index is -3.89. The molecule has 0 fully saturated rings. The van der Waals surface area contributed by atoms with E-state index in [2.05, 4.69) is 25.3 Å². The third-order valence-corrected chi connectivity index (χ3v) is 7.79. The standard InChI is InChI=1S/C23H18N6O3S2/c1-14(30)26-23-28-20-7-5-16(13-21(20)33-23)19-9-11-25-22(27-19)29(2)34(31,32)17-6-8-18-15(12-17)4-3-10-24-18/h3-13H,1-2H3,(H,26,28,30). The van der Waals surface area contributed by atoms with Gasteiger partial charge in [-0.05, 0) is 42.5 Å². The number of sulfonamides is 1. The van der Waals surface area contributed by atoms with Crippen LogP contribution in [0.25, 0.3) is 32.4 Å². The lowest BCUT2D eigenvalue weighted by atomic mass is 10.1. The number of nitrogens with zero attached hydrogens (tertiary/aromatic N) is 5.